The van der Waals surface area contributed by atoms with E-state index in [4.69, 9.17) is 15.7 Å². The van der Waals surface area contributed by atoms with Crippen LogP contribution >= 0.6 is 11.3 Å². The lowest BCUT2D eigenvalue weighted by Gasteiger charge is -2.30. The Morgan fingerprint density at radius 2 is 1.95 bits per heavy atom. The zero-order chi connectivity index (χ0) is 15.3. The molecule has 1 rings (SSSR count). The van der Waals surface area contributed by atoms with Crippen LogP contribution in [0.2, 0.25) is 0 Å². The Hall–Kier alpha value is -1.45. The molecule has 1 aromatic heterocycles. The van der Waals surface area contributed by atoms with Crippen molar-refractivity contribution in [2.45, 2.75) is 39.8 Å². The average Bonchev–Trinajstić information content (AvgIpc) is 2.69. The number of nitrogen functional groups attached to an aromatic ring is 1. The predicted octanol–water partition coefficient (Wildman–Crippen LogP) is 2.74. The van der Waals surface area contributed by atoms with E-state index in [1.807, 2.05) is 0 Å². The normalized spacial score (nSPS) is 11.2. The number of anilines is 2. The quantitative estimate of drug-likeness (QED) is 0.809. The highest BCUT2D eigenvalue weighted by atomic mass is 32.1. The summed E-state index contributed by atoms with van der Waals surface area (Å²) >= 11 is 1.34. The first-order valence-corrected chi connectivity index (χ1v) is 7.59. The second-order valence-corrected chi connectivity index (χ2v) is 6.19. The summed E-state index contributed by atoms with van der Waals surface area (Å²) in [6.07, 6.45) is 0. The Labute approximate surface area is 125 Å². The van der Waals surface area contributed by atoms with Gasteiger partial charge in [-0.25, -0.2) is 0 Å². The maximum atomic E-state index is 9.00. The SMILES string of the molecule is COc1c(NCCN(C(C)C)C(C)C)sc(C#N)c1N. The molecule has 0 unspecified atom stereocenters. The third-order valence-corrected chi connectivity index (χ3v) is 4.24. The number of hydrogen-bond donors (Lipinski definition) is 2. The molecule has 6 heteroatoms. The van der Waals surface area contributed by atoms with Crippen LogP contribution in [0.25, 0.3) is 0 Å². The first-order chi connectivity index (χ1) is 9.42. The van der Waals surface area contributed by atoms with Gasteiger partial charge in [0.2, 0.25) is 0 Å². The van der Waals surface area contributed by atoms with Crippen LogP contribution in [-0.2, 0) is 0 Å². The van der Waals surface area contributed by atoms with Crippen molar-refractivity contribution in [2.24, 2.45) is 0 Å². The number of hydrogen-bond acceptors (Lipinski definition) is 6. The number of nitrogens with two attached hydrogens (primary N) is 1. The van der Waals surface area contributed by atoms with Crippen LogP contribution < -0.4 is 15.8 Å². The summed E-state index contributed by atoms with van der Waals surface area (Å²) in [5.74, 6) is 0.576. The third kappa shape index (κ3) is 3.78. The van der Waals surface area contributed by atoms with E-state index in [2.05, 4.69) is 44.0 Å². The van der Waals surface area contributed by atoms with Gasteiger partial charge in [0.25, 0.3) is 0 Å². The summed E-state index contributed by atoms with van der Waals surface area (Å²) in [6, 6.07) is 3.09. The highest BCUT2D eigenvalue weighted by Gasteiger charge is 2.17. The van der Waals surface area contributed by atoms with Gasteiger partial charge < -0.3 is 15.8 Å². The number of nitrogens with zero attached hydrogens (tertiary/aromatic N) is 2. The van der Waals surface area contributed by atoms with Gasteiger partial charge in [-0.3, -0.25) is 4.90 Å². The summed E-state index contributed by atoms with van der Waals surface area (Å²) in [5, 5.41) is 13.1. The van der Waals surface area contributed by atoms with Crippen molar-refractivity contribution >= 4 is 22.0 Å². The summed E-state index contributed by atoms with van der Waals surface area (Å²) < 4.78 is 5.27. The second kappa shape index (κ2) is 7.36. The number of nitrogens with one attached hydrogen (secondary N) is 1. The Bertz CT molecular complexity index is 468. The first-order valence-electron chi connectivity index (χ1n) is 6.78. The van der Waals surface area contributed by atoms with Gasteiger partial charge >= 0.3 is 0 Å². The van der Waals surface area contributed by atoms with E-state index in [9.17, 15) is 0 Å². The highest BCUT2D eigenvalue weighted by molar-refractivity contribution is 7.17. The molecular weight excluding hydrogens is 272 g/mol. The lowest BCUT2D eigenvalue weighted by atomic mass is 10.2. The summed E-state index contributed by atoms with van der Waals surface area (Å²) in [5.41, 5.74) is 6.29. The minimum Gasteiger partial charge on any atom is -0.492 e. The van der Waals surface area contributed by atoms with Gasteiger partial charge in [0.15, 0.2) is 5.75 Å². The fourth-order valence-corrected chi connectivity index (χ4v) is 3.15. The van der Waals surface area contributed by atoms with Crippen molar-refractivity contribution in [2.75, 3.05) is 31.2 Å². The zero-order valence-corrected chi connectivity index (χ0v) is 13.7. The topological polar surface area (TPSA) is 74.3 Å². The Kier molecular flexibility index (Phi) is 6.11. The van der Waals surface area contributed by atoms with Gasteiger partial charge in [-0.1, -0.05) is 0 Å². The van der Waals surface area contributed by atoms with Gasteiger partial charge in [0.1, 0.15) is 21.6 Å². The molecule has 1 heterocycles. The lowest BCUT2D eigenvalue weighted by Crippen LogP contribution is -2.40. The molecule has 0 radical (unpaired) electrons. The molecule has 1 aromatic rings. The van der Waals surface area contributed by atoms with E-state index in [-0.39, 0.29) is 0 Å². The molecule has 0 atom stereocenters. The molecule has 3 N–H and O–H groups in total. The van der Waals surface area contributed by atoms with Gasteiger partial charge in [0.05, 0.1) is 7.11 Å². The molecule has 0 aliphatic carbocycles. The van der Waals surface area contributed by atoms with E-state index < -0.39 is 0 Å². The molecule has 0 amide bonds. The van der Waals surface area contributed by atoms with Gasteiger partial charge in [-0.2, -0.15) is 5.26 Å². The van der Waals surface area contributed by atoms with E-state index in [1.165, 1.54) is 11.3 Å². The molecule has 0 bridgehead atoms. The molecule has 5 nitrogen and oxygen atoms in total. The molecule has 20 heavy (non-hydrogen) atoms. The predicted molar refractivity (Wildman–Crippen MR) is 85.5 cm³/mol. The maximum absolute atomic E-state index is 9.00. The van der Waals surface area contributed by atoms with Crippen LogP contribution in [0.4, 0.5) is 10.7 Å². The minimum absolute atomic E-state index is 0.423. The molecule has 0 fully saturated rings. The van der Waals surface area contributed by atoms with E-state index in [1.54, 1.807) is 7.11 Å². The molecule has 0 aliphatic heterocycles. The van der Waals surface area contributed by atoms with E-state index in [0.717, 1.165) is 18.1 Å². The standard InChI is InChI=1S/C14H24N4OS/c1-9(2)18(10(3)4)7-6-17-14-13(19-5)12(16)11(8-15)20-14/h9-10,17H,6-7,16H2,1-5H3. The Balaban J connectivity index is 2.69. The lowest BCUT2D eigenvalue weighted by molar-refractivity contribution is 0.182. The number of methoxy groups -OCH3 is 1. The number of ether oxygens (including phenoxy) is 1. The van der Waals surface area contributed by atoms with Crippen LogP contribution in [0.1, 0.15) is 32.6 Å². The molecule has 0 spiro atoms. The van der Waals surface area contributed by atoms with Crippen molar-refractivity contribution in [3.8, 4) is 11.8 Å². The molecular formula is C14H24N4OS. The van der Waals surface area contributed by atoms with Gasteiger partial charge in [-0.05, 0) is 27.7 Å². The Morgan fingerprint density at radius 1 is 1.35 bits per heavy atom. The minimum atomic E-state index is 0.423. The van der Waals surface area contributed by atoms with Crippen molar-refractivity contribution in [1.29, 1.82) is 5.26 Å². The van der Waals surface area contributed by atoms with Crippen LogP contribution in [0.3, 0.4) is 0 Å². The Morgan fingerprint density at radius 3 is 2.40 bits per heavy atom. The smallest absolute Gasteiger partial charge is 0.177 e. The van der Waals surface area contributed by atoms with Crippen molar-refractivity contribution in [1.82, 2.24) is 4.90 Å². The second-order valence-electron chi connectivity index (χ2n) is 5.17. The maximum Gasteiger partial charge on any atom is 0.177 e. The van der Waals surface area contributed by atoms with Crippen LogP contribution in [-0.4, -0.2) is 37.2 Å². The highest BCUT2D eigenvalue weighted by Crippen LogP contribution is 2.41. The molecule has 0 saturated heterocycles. The fraction of sp³-hybridized carbons (Fsp3) is 0.643. The van der Waals surface area contributed by atoms with Gasteiger partial charge in [0, 0.05) is 25.2 Å². The van der Waals surface area contributed by atoms with E-state index in [0.29, 0.717) is 28.4 Å². The first kappa shape index (κ1) is 16.6. The van der Waals surface area contributed by atoms with Crippen LogP contribution in [0.5, 0.6) is 5.75 Å². The van der Waals surface area contributed by atoms with Crippen molar-refractivity contribution in [3.05, 3.63) is 4.88 Å². The summed E-state index contributed by atoms with van der Waals surface area (Å²) in [6.45, 7) is 10.5. The monoisotopic (exact) mass is 296 g/mol. The average molecular weight is 296 g/mol. The third-order valence-electron chi connectivity index (χ3n) is 3.19. The van der Waals surface area contributed by atoms with E-state index >= 15 is 0 Å². The molecule has 0 aromatic carbocycles. The largest absolute Gasteiger partial charge is 0.492 e. The van der Waals surface area contributed by atoms with Crippen molar-refractivity contribution < 1.29 is 4.74 Å². The number of rotatable bonds is 7. The summed E-state index contributed by atoms with van der Waals surface area (Å²) in [7, 11) is 1.57. The summed E-state index contributed by atoms with van der Waals surface area (Å²) in [4.78, 5) is 2.90. The molecule has 112 valence electrons. The van der Waals surface area contributed by atoms with Crippen molar-refractivity contribution in [3.63, 3.8) is 0 Å². The van der Waals surface area contributed by atoms with Crippen LogP contribution in [0.15, 0.2) is 0 Å². The number of nitriles is 1. The zero-order valence-electron chi connectivity index (χ0n) is 12.9. The molecule has 0 saturated carbocycles. The number of thiophene rings is 1. The molecule has 0 aliphatic rings. The fourth-order valence-electron chi connectivity index (χ4n) is 2.24. The van der Waals surface area contributed by atoms with Crippen LogP contribution in [0, 0.1) is 11.3 Å². The van der Waals surface area contributed by atoms with Gasteiger partial charge in [-0.15, -0.1) is 11.3 Å².